The number of carbonyl (C=O) groups is 1. The minimum atomic E-state index is -1.89. The molecule has 0 aliphatic rings. The van der Waals surface area contributed by atoms with Crippen molar-refractivity contribution in [2.24, 2.45) is 0 Å². The van der Waals surface area contributed by atoms with E-state index in [1.807, 2.05) is 6.07 Å². The van der Waals surface area contributed by atoms with Gasteiger partial charge in [-0.1, -0.05) is 30.3 Å². The molecular formula is C12H16O6. The maximum Gasteiger partial charge on any atom is 0.338 e. The van der Waals surface area contributed by atoms with Crippen LogP contribution in [0.2, 0.25) is 0 Å². The number of ether oxygens (including phenoxy) is 1. The summed E-state index contributed by atoms with van der Waals surface area (Å²) in [7, 11) is 0. The molecule has 0 fully saturated rings. The zero-order valence-corrected chi connectivity index (χ0v) is 9.64. The third kappa shape index (κ3) is 4.08. The topological polar surface area (TPSA) is 107 Å². The molecule has 0 aromatic heterocycles. The highest BCUT2D eigenvalue weighted by Gasteiger charge is 2.31. The van der Waals surface area contributed by atoms with E-state index in [4.69, 9.17) is 14.9 Å². The number of hydrogen-bond donors (Lipinski definition) is 4. The Balaban J connectivity index is 2.45. The molecule has 100 valence electrons. The van der Waals surface area contributed by atoms with Crippen molar-refractivity contribution in [3.8, 4) is 0 Å². The molecule has 0 aliphatic carbocycles. The summed E-state index contributed by atoms with van der Waals surface area (Å²) in [5.74, 6) is -1.06. The predicted molar refractivity (Wildman–Crippen MR) is 61.3 cm³/mol. The highest BCUT2D eigenvalue weighted by molar-refractivity contribution is 5.75. The van der Waals surface area contributed by atoms with Crippen LogP contribution < -0.4 is 0 Å². The number of carbonyl (C=O) groups excluding carboxylic acids is 1. The normalized spacial score (nSPS) is 15.8. The van der Waals surface area contributed by atoms with E-state index in [-0.39, 0.29) is 6.61 Å². The summed E-state index contributed by atoms with van der Waals surface area (Å²) in [6, 6.07) is 8.81. The summed E-state index contributed by atoms with van der Waals surface area (Å²) in [4.78, 5) is 11.4. The van der Waals surface area contributed by atoms with Crippen LogP contribution in [0.1, 0.15) is 5.56 Å². The molecule has 4 N–H and O–H groups in total. The second-order valence-corrected chi connectivity index (χ2v) is 3.78. The molecule has 0 unspecified atom stereocenters. The zero-order chi connectivity index (χ0) is 13.5. The molecule has 6 nitrogen and oxygen atoms in total. The molecule has 1 aromatic rings. The van der Waals surface area contributed by atoms with Gasteiger partial charge in [-0.15, -0.1) is 0 Å². The Bertz CT molecular complexity index is 366. The fraction of sp³-hybridized carbons (Fsp3) is 0.417. The van der Waals surface area contributed by atoms with Crippen LogP contribution in [0, 0.1) is 0 Å². The molecule has 1 rings (SSSR count). The number of hydrogen-bond acceptors (Lipinski definition) is 6. The molecular weight excluding hydrogens is 240 g/mol. The van der Waals surface area contributed by atoms with Crippen molar-refractivity contribution in [2.75, 3.05) is 6.61 Å². The minimum Gasteiger partial charge on any atom is -0.459 e. The van der Waals surface area contributed by atoms with Gasteiger partial charge in [0.1, 0.15) is 18.8 Å². The van der Waals surface area contributed by atoms with Gasteiger partial charge in [-0.3, -0.25) is 0 Å². The Morgan fingerprint density at radius 1 is 1.17 bits per heavy atom. The first-order chi connectivity index (χ1) is 8.56. The summed E-state index contributed by atoms with van der Waals surface area (Å²) >= 11 is 0. The first kappa shape index (κ1) is 14.6. The lowest BCUT2D eigenvalue weighted by Crippen LogP contribution is -2.44. The molecule has 0 aliphatic heterocycles. The Labute approximate surface area is 104 Å². The SMILES string of the molecule is O=C(OCc1ccccc1)[C@H](O)[C@@H](O)[C@H](O)CO. The molecule has 0 spiro atoms. The largest absolute Gasteiger partial charge is 0.459 e. The standard InChI is InChI=1S/C12H16O6/c13-6-9(14)10(15)11(16)12(17)18-7-8-4-2-1-3-5-8/h1-5,9-11,13-16H,6-7H2/t9-,10+,11-/m1/s1. The number of benzene rings is 1. The van der Waals surface area contributed by atoms with Crippen LogP contribution in [-0.2, 0) is 16.1 Å². The lowest BCUT2D eigenvalue weighted by Gasteiger charge is -2.20. The zero-order valence-electron chi connectivity index (χ0n) is 9.64. The number of aliphatic hydroxyl groups is 4. The van der Waals surface area contributed by atoms with Gasteiger partial charge in [0.25, 0.3) is 0 Å². The van der Waals surface area contributed by atoms with Crippen LogP contribution in [0.25, 0.3) is 0 Å². The van der Waals surface area contributed by atoms with Crippen molar-refractivity contribution in [1.82, 2.24) is 0 Å². The lowest BCUT2D eigenvalue weighted by molar-refractivity contribution is -0.167. The summed E-state index contributed by atoms with van der Waals surface area (Å²) in [6.07, 6.45) is -5.27. The Morgan fingerprint density at radius 2 is 1.78 bits per heavy atom. The van der Waals surface area contributed by atoms with Crippen LogP contribution in [-0.4, -0.2) is 51.3 Å². The van der Waals surface area contributed by atoms with Gasteiger partial charge in [-0.2, -0.15) is 0 Å². The molecule has 1 aromatic carbocycles. The van der Waals surface area contributed by atoms with Gasteiger partial charge in [-0.25, -0.2) is 4.79 Å². The Morgan fingerprint density at radius 3 is 2.33 bits per heavy atom. The van der Waals surface area contributed by atoms with Gasteiger partial charge in [-0.05, 0) is 5.56 Å². The summed E-state index contributed by atoms with van der Waals surface area (Å²) in [5.41, 5.74) is 0.732. The first-order valence-electron chi connectivity index (χ1n) is 5.42. The monoisotopic (exact) mass is 256 g/mol. The molecule has 0 bridgehead atoms. The van der Waals surface area contributed by atoms with Crippen LogP contribution in [0.4, 0.5) is 0 Å². The molecule has 0 saturated carbocycles. The van der Waals surface area contributed by atoms with Crippen molar-refractivity contribution >= 4 is 5.97 Å². The van der Waals surface area contributed by atoms with E-state index >= 15 is 0 Å². The average molecular weight is 256 g/mol. The molecule has 0 radical (unpaired) electrons. The van der Waals surface area contributed by atoms with Gasteiger partial charge in [0.15, 0.2) is 6.10 Å². The van der Waals surface area contributed by atoms with E-state index in [1.165, 1.54) is 0 Å². The van der Waals surface area contributed by atoms with E-state index in [1.54, 1.807) is 24.3 Å². The smallest absolute Gasteiger partial charge is 0.338 e. The third-order valence-corrected chi connectivity index (χ3v) is 2.37. The van der Waals surface area contributed by atoms with Crippen LogP contribution in [0.5, 0.6) is 0 Å². The summed E-state index contributed by atoms with van der Waals surface area (Å²) in [5, 5.41) is 36.3. The van der Waals surface area contributed by atoms with Crippen molar-refractivity contribution in [3.63, 3.8) is 0 Å². The van der Waals surface area contributed by atoms with Crippen molar-refractivity contribution in [1.29, 1.82) is 0 Å². The molecule has 0 heterocycles. The Kier molecular flexibility index (Phi) is 5.73. The number of rotatable bonds is 6. The maximum atomic E-state index is 11.4. The predicted octanol–water partition coefficient (Wildman–Crippen LogP) is -1.20. The van der Waals surface area contributed by atoms with Gasteiger partial charge in [0, 0.05) is 0 Å². The minimum absolute atomic E-state index is 0.0430. The molecule has 0 amide bonds. The van der Waals surface area contributed by atoms with Crippen LogP contribution in [0.3, 0.4) is 0 Å². The maximum absolute atomic E-state index is 11.4. The third-order valence-electron chi connectivity index (χ3n) is 2.37. The van der Waals surface area contributed by atoms with Gasteiger partial charge >= 0.3 is 5.97 Å². The van der Waals surface area contributed by atoms with E-state index in [9.17, 15) is 15.0 Å². The average Bonchev–Trinajstić information content (AvgIpc) is 2.43. The molecule has 0 saturated heterocycles. The molecule has 3 atom stereocenters. The van der Waals surface area contributed by atoms with E-state index in [0.29, 0.717) is 0 Å². The summed E-state index contributed by atoms with van der Waals surface area (Å²) < 4.78 is 4.76. The summed E-state index contributed by atoms with van der Waals surface area (Å²) in [6.45, 7) is -0.803. The Hall–Kier alpha value is -1.47. The quantitative estimate of drug-likeness (QED) is 0.476. The van der Waals surface area contributed by atoms with Gasteiger partial charge in [0.05, 0.1) is 6.61 Å². The van der Waals surface area contributed by atoms with E-state index < -0.39 is 30.9 Å². The second kappa shape index (κ2) is 7.07. The van der Waals surface area contributed by atoms with Crippen molar-refractivity contribution in [2.45, 2.75) is 24.9 Å². The van der Waals surface area contributed by atoms with Crippen LogP contribution >= 0.6 is 0 Å². The van der Waals surface area contributed by atoms with E-state index in [0.717, 1.165) is 5.56 Å². The van der Waals surface area contributed by atoms with Gasteiger partial charge in [0.2, 0.25) is 0 Å². The first-order valence-corrected chi connectivity index (χ1v) is 5.42. The van der Waals surface area contributed by atoms with Crippen molar-refractivity contribution < 1.29 is 30.0 Å². The fourth-order valence-corrected chi connectivity index (χ4v) is 1.27. The van der Waals surface area contributed by atoms with Crippen molar-refractivity contribution in [3.05, 3.63) is 35.9 Å². The number of aliphatic hydroxyl groups excluding tert-OH is 4. The van der Waals surface area contributed by atoms with Gasteiger partial charge < -0.3 is 25.2 Å². The molecule has 6 heteroatoms. The number of esters is 1. The highest BCUT2D eigenvalue weighted by Crippen LogP contribution is 2.05. The second-order valence-electron chi connectivity index (χ2n) is 3.78. The highest BCUT2D eigenvalue weighted by atomic mass is 16.5. The lowest BCUT2D eigenvalue weighted by atomic mass is 10.1. The van der Waals surface area contributed by atoms with E-state index in [2.05, 4.69) is 0 Å². The fourth-order valence-electron chi connectivity index (χ4n) is 1.27. The molecule has 18 heavy (non-hydrogen) atoms. The van der Waals surface area contributed by atoms with Crippen LogP contribution in [0.15, 0.2) is 30.3 Å².